The van der Waals surface area contributed by atoms with E-state index >= 15 is 0 Å². The third-order valence-electron chi connectivity index (χ3n) is 4.48. The second-order valence-electron chi connectivity index (χ2n) is 5.44. The maximum absolute atomic E-state index is 12.3. The van der Waals surface area contributed by atoms with Crippen LogP contribution in [0.25, 0.3) is 0 Å². The van der Waals surface area contributed by atoms with Gasteiger partial charge in [0, 0.05) is 12.1 Å². The molecule has 1 N–H and O–H groups in total. The third kappa shape index (κ3) is 2.56. The summed E-state index contributed by atoms with van der Waals surface area (Å²) in [6.45, 7) is 4.65. The lowest BCUT2D eigenvalue weighted by Gasteiger charge is -2.49. The Hall–Kier alpha value is -0.520. The first-order valence-corrected chi connectivity index (χ1v) is 8.92. The second-order valence-corrected chi connectivity index (χ2v) is 7.63. The zero-order chi connectivity index (χ0) is 13.4. The zero-order valence-electron chi connectivity index (χ0n) is 11.4. The van der Waals surface area contributed by atoms with Gasteiger partial charge in [0.05, 0.1) is 9.09 Å². The minimum atomic E-state index is 0.107. The fraction of sp³-hybridized carbons (Fsp3) is 0.643. The summed E-state index contributed by atoms with van der Waals surface area (Å²) in [5.74, 6) is 0.778. The van der Waals surface area contributed by atoms with Gasteiger partial charge in [-0.3, -0.25) is 9.69 Å². The van der Waals surface area contributed by atoms with Gasteiger partial charge in [0.15, 0.2) is 0 Å². The van der Waals surface area contributed by atoms with Crippen molar-refractivity contribution in [1.29, 1.82) is 0 Å². The van der Waals surface area contributed by atoms with E-state index in [9.17, 15) is 4.79 Å². The number of carbonyl (C=O) groups is 1. The smallest absolute Gasteiger partial charge is 0.261 e. The molecule has 3 aliphatic heterocycles. The van der Waals surface area contributed by atoms with Crippen LogP contribution in [0.15, 0.2) is 16.3 Å². The Kier molecular flexibility index (Phi) is 3.87. The molecular formula is C14H20N2OS2. The first-order chi connectivity index (χ1) is 9.19. The van der Waals surface area contributed by atoms with Crippen LogP contribution in [0.3, 0.4) is 0 Å². The third-order valence-corrected chi connectivity index (χ3v) is 6.65. The largest absolute Gasteiger partial charge is 0.347 e. The standard InChI is InChI=1S/C14H20N2OS2/c1-9-13(10-5-7-16(9)8-6-10)15-14(17)11-3-4-12(18-2)19-11/h3-4,9-10,13H,5-8H2,1-2H3,(H,15,17)/t9-,13-/m0/s1. The highest BCUT2D eigenvalue weighted by Crippen LogP contribution is 2.32. The van der Waals surface area contributed by atoms with Crippen LogP contribution in [-0.2, 0) is 0 Å². The SMILES string of the molecule is CSc1ccc(C(=O)N[C@@H]2C3CCN(CC3)[C@H]2C)s1. The molecule has 2 bridgehead atoms. The molecule has 0 unspecified atom stereocenters. The molecule has 3 fully saturated rings. The predicted molar refractivity (Wildman–Crippen MR) is 81.1 cm³/mol. The molecule has 1 amide bonds. The van der Waals surface area contributed by atoms with Crippen molar-refractivity contribution in [2.45, 2.75) is 36.1 Å². The molecule has 3 saturated heterocycles. The fourth-order valence-corrected chi connectivity index (χ4v) is 4.77. The maximum atomic E-state index is 12.3. The van der Waals surface area contributed by atoms with Gasteiger partial charge in [0.1, 0.15) is 0 Å². The summed E-state index contributed by atoms with van der Waals surface area (Å²) in [6, 6.07) is 4.79. The Labute approximate surface area is 122 Å². The van der Waals surface area contributed by atoms with Crippen molar-refractivity contribution in [1.82, 2.24) is 10.2 Å². The highest BCUT2D eigenvalue weighted by molar-refractivity contribution is 8.00. The highest BCUT2D eigenvalue weighted by Gasteiger charge is 2.40. The Morgan fingerprint density at radius 1 is 1.42 bits per heavy atom. The quantitative estimate of drug-likeness (QED) is 0.871. The van der Waals surface area contributed by atoms with Crippen molar-refractivity contribution in [3.63, 3.8) is 0 Å². The van der Waals surface area contributed by atoms with Crippen LogP contribution in [0.4, 0.5) is 0 Å². The summed E-state index contributed by atoms with van der Waals surface area (Å²) in [7, 11) is 0. The maximum Gasteiger partial charge on any atom is 0.261 e. The van der Waals surface area contributed by atoms with Gasteiger partial charge in [-0.25, -0.2) is 0 Å². The molecule has 1 aromatic heterocycles. The summed E-state index contributed by atoms with van der Waals surface area (Å²) in [6.07, 6.45) is 4.51. The van der Waals surface area contributed by atoms with Gasteiger partial charge >= 0.3 is 0 Å². The molecule has 0 aromatic carbocycles. The average Bonchev–Trinajstić information content (AvgIpc) is 2.92. The number of carbonyl (C=O) groups excluding carboxylic acids is 1. The molecule has 3 nitrogen and oxygen atoms in total. The van der Waals surface area contributed by atoms with Gasteiger partial charge in [-0.05, 0) is 57.2 Å². The van der Waals surface area contributed by atoms with Gasteiger partial charge in [0.2, 0.25) is 0 Å². The molecular weight excluding hydrogens is 276 g/mol. The summed E-state index contributed by atoms with van der Waals surface area (Å²) in [4.78, 5) is 15.7. The van der Waals surface area contributed by atoms with Crippen molar-refractivity contribution >= 4 is 29.0 Å². The molecule has 19 heavy (non-hydrogen) atoms. The van der Waals surface area contributed by atoms with Gasteiger partial charge in [-0.1, -0.05) is 0 Å². The van der Waals surface area contributed by atoms with Crippen molar-refractivity contribution < 1.29 is 4.79 Å². The number of rotatable bonds is 3. The van der Waals surface area contributed by atoms with Crippen LogP contribution in [-0.4, -0.2) is 42.2 Å². The van der Waals surface area contributed by atoms with E-state index in [0.29, 0.717) is 18.0 Å². The van der Waals surface area contributed by atoms with E-state index in [0.717, 1.165) is 4.88 Å². The monoisotopic (exact) mass is 296 g/mol. The number of piperidine rings is 3. The van der Waals surface area contributed by atoms with Crippen molar-refractivity contribution in [3.8, 4) is 0 Å². The first-order valence-electron chi connectivity index (χ1n) is 6.88. The minimum Gasteiger partial charge on any atom is -0.347 e. The number of hydrogen-bond acceptors (Lipinski definition) is 4. The van der Waals surface area contributed by atoms with E-state index in [-0.39, 0.29) is 5.91 Å². The molecule has 2 atom stereocenters. The summed E-state index contributed by atoms with van der Waals surface area (Å²) in [5.41, 5.74) is 0. The van der Waals surface area contributed by atoms with E-state index < -0.39 is 0 Å². The lowest BCUT2D eigenvalue weighted by molar-refractivity contribution is 0.0218. The zero-order valence-corrected chi connectivity index (χ0v) is 13.0. The average molecular weight is 296 g/mol. The van der Waals surface area contributed by atoms with Gasteiger partial charge in [0.25, 0.3) is 5.91 Å². The first kappa shape index (κ1) is 13.5. The number of thioether (sulfide) groups is 1. The molecule has 4 rings (SSSR count). The number of nitrogens with one attached hydrogen (secondary N) is 1. The molecule has 5 heteroatoms. The van der Waals surface area contributed by atoms with Gasteiger partial charge in [-0.2, -0.15) is 0 Å². The highest BCUT2D eigenvalue weighted by atomic mass is 32.2. The van der Waals surface area contributed by atoms with Crippen molar-refractivity contribution in [2.24, 2.45) is 5.92 Å². The summed E-state index contributed by atoms with van der Waals surface area (Å²) in [5, 5.41) is 3.27. The van der Waals surface area contributed by atoms with Crippen LogP contribution in [0, 0.1) is 5.92 Å². The van der Waals surface area contributed by atoms with Crippen molar-refractivity contribution in [2.75, 3.05) is 19.3 Å². The number of nitrogens with zero attached hydrogens (tertiary/aromatic N) is 1. The number of thiophene rings is 1. The number of fused-ring (bicyclic) bond motifs is 3. The number of hydrogen-bond donors (Lipinski definition) is 1. The lowest BCUT2D eigenvalue weighted by atomic mass is 9.79. The van der Waals surface area contributed by atoms with Gasteiger partial charge < -0.3 is 5.32 Å². The van der Waals surface area contributed by atoms with Crippen LogP contribution < -0.4 is 5.32 Å². The van der Waals surface area contributed by atoms with Crippen molar-refractivity contribution in [3.05, 3.63) is 17.0 Å². The molecule has 0 saturated carbocycles. The van der Waals surface area contributed by atoms with Crippen LogP contribution in [0.2, 0.25) is 0 Å². The number of amides is 1. The predicted octanol–water partition coefficient (Wildman–Crippen LogP) is 2.68. The Bertz CT molecular complexity index is 464. The van der Waals surface area contributed by atoms with Crippen LogP contribution >= 0.6 is 23.1 Å². The van der Waals surface area contributed by atoms with E-state index in [1.807, 2.05) is 18.4 Å². The molecule has 3 aliphatic rings. The molecule has 0 radical (unpaired) electrons. The minimum absolute atomic E-state index is 0.107. The van der Waals surface area contributed by atoms with Gasteiger partial charge in [-0.15, -0.1) is 23.1 Å². The fourth-order valence-electron chi connectivity index (χ4n) is 3.32. The molecule has 4 heterocycles. The van der Waals surface area contributed by atoms with Crippen LogP contribution in [0.5, 0.6) is 0 Å². The molecule has 0 aliphatic carbocycles. The Morgan fingerprint density at radius 3 is 2.74 bits per heavy atom. The molecule has 104 valence electrons. The van der Waals surface area contributed by atoms with E-state index in [1.54, 1.807) is 23.1 Å². The summed E-state index contributed by atoms with van der Waals surface area (Å²) >= 11 is 3.28. The van der Waals surface area contributed by atoms with E-state index in [2.05, 4.69) is 17.1 Å². The second kappa shape index (κ2) is 5.46. The van der Waals surface area contributed by atoms with Crippen LogP contribution in [0.1, 0.15) is 29.4 Å². The Balaban J connectivity index is 1.69. The lowest BCUT2D eigenvalue weighted by Crippen LogP contribution is -2.62. The molecule has 1 aromatic rings. The molecule has 0 spiro atoms. The summed E-state index contributed by atoms with van der Waals surface area (Å²) < 4.78 is 1.20. The Morgan fingerprint density at radius 2 is 2.16 bits per heavy atom. The normalized spacial score (nSPS) is 33.4. The topological polar surface area (TPSA) is 32.3 Å². The van der Waals surface area contributed by atoms with E-state index in [1.165, 1.54) is 30.1 Å². The van der Waals surface area contributed by atoms with E-state index in [4.69, 9.17) is 0 Å².